The second kappa shape index (κ2) is 12.5. The molecule has 0 bridgehead atoms. The normalized spacial score (nSPS) is 21.6. The van der Waals surface area contributed by atoms with Gasteiger partial charge in [0.15, 0.2) is 0 Å². The third-order valence-corrected chi connectivity index (χ3v) is 6.97. The number of ether oxygens (including phenoxy) is 2. The lowest BCUT2D eigenvalue weighted by Gasteiger charge is -2.31. The van der Waals surface area contributed by atoms with Crippen LogP contribution in [0, 0.1) is 0 Å². The van der Waals surface area contributed by atoms with Crippen molar-refractivity contribution >= 4 is 17.7 Å². The largest absolute Gasteiger partial charge is 0.497 e. The Bertz CT molecular complexity index is 1020. The molecule has 2 aromatic rings. The van der Waals surface area contributed by atoms with Crippen LogP contribution in [0.5, 0.6) is 5.75 Å². The Balaban J connectivity index is 1.19. The van der Waals surface area contributed by atoms with Gasteiger partial charge in [0.25, 0.3) is 5.91 Å². The molecule has 36 heavy (non-hydrogen) atoms. The highest BCUT2D eigenvalue weighted by molar-refractivity contribution is 5.94. The highest BCUT2D eigenvalue weighted by atomic mass is 16.5. The number of hydrogen-bond donors (Lipinski definition) is 2. The summed E-state index contributed by atoms with van der Waals surface area (Å²) in [6.07, 6.45) is 4.66. The van der Waals surface area contributed by atoms with Crippen LogP contribution in [0.1, 0.15) is 54.4 Å². The van der Waals surface area contributed by atoms with Gasteiger partial charge >= 0.3 is 0 Å². The van der Waals surface area contributed by atoms with Crippen LogP contribution in [0.2, 0.25) is 0 Å². The maximum absolute atomic E-state index is 13.0. The molecule has 2 N–H and O–H groups in total. The fraction of sp³-hybridized carbons (Fsp3) is 0.464. The quantitative estimate of drug-likeness (QED) is 0.560. The second-order valence-electron chi connectivity index (χ2n) is 9.48. The minimum atomic E-state index is -0.440. The second-order valence-corrected chi connectivity index (χ2v) is 9.48. The van der Waals surface area contributed by atoms with E-state index in [2.05, 4.69) is 10.6 Å². The predicted molar refractivity (Wildman–Crippen MR) is 135 cm³/mol. The maximum atomic E-state index is 13.0. The first-order valence-electron chi connectivity index (χ1n) is 12.7. The van der Waals surface area contributed by atoms with Gasteiger partial charge < -0.3 is 25.0 Å². The number of amides is 3. The number of nitrogens with zero attached hydrogens (tertiary/aromatic N) is 1. The van der Waals surface area contributed by atoms with Crippen LogP contribution in [0.4, 0.5) is 0 Å². The van der Waals surface area contributed by atoms with Crippen LogP contribution in [0.25, 0.3) is 0 Å². The topological polar surface area (TPSA) is 97.0 Å². The van der Waals surface area contributed by atoms with Gasteiger partial charge in [0.1, 0.15) is 18.4 Å². The minimum Gasteiger partial charge on any atom is -0.497 e. The fourth-order valence-electron chi connectivity index (χ4n) is 4.94. The molecule has 8 nitrogen and oxygen atoms in total. The molecule has 1 aliphatic heterocycles. The Hall–Kier alpha value is -3.39. The van der Waals surface area contributed by atoms with E-state index in [-0.39, 0.29) is 36.4 Å². The lowest BCUT2D eigenvalue weighted by Crippen LogP contribution is -2.51. The maximum Gasteiger partial charge on any atom is 0.251 e. The lowest BCUT2D eigenvalue weighted by molar-refractivity contribution is -0.142. The van der Waals surface area contributed by atoms with E-state index in [1.165, 1.54) is 0 Å². The van der Waals surface area contributed by atoms with E-state index in [9.17, 15) is 14.4 Å². The van der Waals surface area contributed by atoms with Gasteiger partial charge in [0, 0.05) is 24.2 Å². The van der Waals surface area contributed by atoms with E-state index in [0.29, 0.717) is 30.9 Å². The van der Waals surface area contributed by atoms with Gasteiger partial charge in [-0.25, -0.2) is 0 Å². The number of nitrogens with one attached hydrogen (secondary N) is 2. The fourth-order valence-corrected chi connectivity index (χ4v) is 4.94. The zero-order valence-electron chi connectivity index (χ0n) is 20.8. The van der Waals surface area contributed by atoms with E-state index in [0.717, 1.165) is 37.7 Å². The molecular weight excluding hydrogens is 458 g/mol. The van der Waals surface area contributed by atoms with Crippen molar-refractivity contribution in [2.24, 2.45) is 0 Å². The van der Waals surface area contributed by atoms with Gasteiger partial charge in [-0.05, 0) is 68.4 Å². The number of hydrogen-bond acceptors (Lipinski definition) is 5. The lowest BCUT2D eigenvalue weighted by atomic mass is 9.90. The summed E-state index contributed by atoms with van der Waals surface area (Å²) in [6.45, 7) is 0.920. The van der Waals surface area contributed by atoms with Gasteiger partial charge in [0.2, 0.25) is 11.8 Å². The van der Waals surface area contributed by atoms with Crippen molar-refractivity contribution in [3.05, 3.63) is 65.7 Å². The third-order valence-electron chi connectivity index (χ3n) is 6.97. The minimum absolute atomic E-state index is 0.0301. The number of methoxy groups -OCH3 is 1. The first-order valence-corrected chi connectivity index (χ1v) is 12.7. The molecule has 1 saturated carbocycles. The SMILES string of the molecule is COc1ccc(C(=O)NC2CCC(NC(=O)[C@H]3CCCN3C(=O)COCc3ccccc3)CC2)cc1. The summed E-state index contributed by atoms with van der Waals surface area (Å²) in [5.41, 5.74) is 1.61. The summed E-state index contributed by atoms with van der Waals surface area (Å²) < 4.78 is 10.7. The summed E-state index contributed by atoms with van der Waals surface area (Å²) in [5, 5.41) is 6.24. The molecule has 2 aromatic carbocycles. The van der Waals surface area contributed by atoms with Crippen LogP contribution in [0.3, 0.4) is 0 Å². The van der Waals surface area contributed by atoms with E-state index in [4.69, 9.17) is 9.47 Å². The molecule has 2 aliphatic rings. The monoisotopic (exact) mass is 493 g/mol. The number of carbonyl (C=O) groups is 3. The molecule has 1 aliphatic carbocycles. The Kier molecular flexibility index (Phi) is 8.95. The van der Waals surface area contributed by atoms with Crippen LogP contribution in [-0.2, 0) is 20.9 Å². The average molecular weight is 494 g/mol. The average Bonchev–Trinajstić information content (AvgIpc) is 3.41. The molecule has 8 heteroatoms. The molecular formula is C28H35N3O5. The van der Waals surface area contributed by atoms with Crippen LogP contribution in [0.15, 0.2) is 54.6 Å². The van der Waals surface area contributed by atoms with E-state index in [1.54, 1.807) is 36.3 Å². The van der Waals surface area contributed by atoms with Crippen molar-refractivity contribution in [3.63, 3.8) is 0 Å². The van der Waals surface area contributed by atoms with Crippen molar-refractivity contribution in [1.82, 2.24) is 15.5 Å². The number of likely N-dealkylation sites (tertiary alicyclic amines) is 1. The Morgan fingerprint density at radius 3 is 2.22 bits per heavy atom. The van der Waals surface area contributed by atoms with Crippen LogP contribution >= 0.6 is 0 Å². The summed E-state index contributed by atoms with van der Waals surface area (Å²) >= 11 is 0. The molecule has 0 unspecified atom stereocenters. The highest BCUT2D eigenvalue weighted by Crippen LogP contribution is 2.22. The van der Waals surface area contributed by atoms with Crippen molar-refractivity contribution < 1.29 is 23.9 Å². The van der Waals surface area contributed by atoms with Crippen molar-refractivity contribution in [2.45, 2.75) is 63.3 Å². The van der Waals surface area contributed by atoms with Gasteiger partial charge in [-0.1, -0.05) is 30.3 Å². The van der Waals surface area contributed by atoms with E-state index in [1.807, 2.05) is 30.3 Å². The van der Waals surface area contributed by atoms with Crippen molar-refractivity contribution in [2.75, 3.05) is 20.3 Å². The zero-order valence-corrected chi connectivity index (χ0v) is 20.8. The molecule has 4 rings (SSSR count). The van der Waals surface area contributed by atoms with Gasteiger partial charge in [-0.2, -0.15) is 0 Å². The van der Waals surface area contributed by atoms with Gasteiger partial charge in [-0.15, -0.1) is 0 Å². The number of rotatable bonds is 9. The summed E-state index contributed by atoms with van der Waals surface area (Å²) in [5.74, 6) is 0.382. The third kappa shape index (κ3) is 6.85. The number of benzene rings is 2. The standard InChI is InChI=1S/C28H35N3O5/c1-35-24-15-9-21(10-16-24)27(33)29-22-11-13-23(14-12-22)30-28(34)25-8-5-17-31(25)26(32)19-36-18-20-6-3-2-4-7-20/h2-4,6-7,9-10,15-16,22-23,25H,5,8,11-14,17-19H2,1H3,(H,29,33)(H,30,34)/t22?,23?,25-/m1/s1. The molecule has 0 spiro atoms. The molecule has 0 aromatic heterocycles. The molecule has 1 atom stereocenters. The Morgan fingerprint density at radius 1 is 0.889 bits per heavy atom. The van der Waals surface area contributed by atoms with Gasteiger partial charge in [-0.3, -0.25) is 14.4 Å². The Morgan fingerprint density at radius 2 is 1.56 bits per heavy atom. The first-order chi connectivity index (χ1) is 17.5. The van der Waals surface area contributed by atoms with Gasteiger partial charge in [0.05, 0.1) is 13.7 Å². The molecule has 1 saturated heterocycles. The molecule has 1 heterocycles. The number of carbonyl (C=O) groups excluding carboxylic acids is 3. The first kappa shape index (κ1) is 25.7. The summed E-state index contributed by atoms with van der Waals surface area (Å²) in [4.78, 5) is 39.9. The Labute approximate surface area is 212 Å². The molecule has 2 fully saturated rings. The highest BCUT2D eigenvalue weighted by Gasteiger charge is 2.35. The zero-order chi connectivity index (χ0) is 25.3. The predicted octanol–water partition coefficient (Wildman–Crippen LogP) is 3.06. The molecule has 3 amide bonds. The summed E-state index contributed by atoms with van der Waals surface area (Å²) in [7, 11) is 1.59. The summed E-state index contributed by atoms with van der Waals surface area (Å²) in [6, 6.07) is 16.5. The smallest absolute Gasteiger partial charge is 0.251 e. The van der Waals surface area contributed by atoms with Crippen LogP contribution in [-0.4, -0.2) is 61.0 Å². The van der Waals surface area contributed by atoms with Crippen molar-refractivity contribution in [3.8, 4) is 5.75 Å². The van der Waals surface area contributed by atoms with E-state index < -0.39 is 6.04 Å². The van der Waals surface area contributed by atoms with E-state index >= 15 is 0 Å². The van der Waals surface area contributed by atoms with Crippen molar-refractivity contribution in [1.29, 1.82) is 0 Å². The molecule has 0 radical (unpaired) electrons. The van der Waals surface area contributed by atoms with Crippen LogP contribution < -0.4 is 15.4 Å². The molecule has 192 valence electrons.